The molecule has 3 heterocycles. The van der Waals surface area contributed by atoms with Gasteiger partial charge in [0.2, 0.25) is 0 Å². The van der Waals surface area contributed by atoms with E-state index in [1.807, 2.05) is 6.07 Å². The van der Waals surface area contributed by atoms with Crippen molar-refractivity contribution in [2.24, 2.45) is 11.8 Å². The average molecular weight is 383 g/mol. The van der Waals surface area contributed by atoms with E-state index in [0.717, 1.165) is 35.6 Å². The van der Waals surface area contributed by atoms with Crippen LogP contribution in [0.3, 0.4) is 0 Å². The van der Waals surface area contributed by atoms with E-state index in [1.54, 1.807) is 6.33 Å². The van der Waals surface area contributed by atoms with Crippen LogP contribution in [0.1, 0.15) is 20.3 Å². The number of piperidine rings is 1. The van der Waals surface area contributed by atoms with Crippen molar-refractivity contribution in [3.8, 4) is 16.8 Å². The van der Waals surface area contributed by atoms with E-state index in [0.29, 0.717) is 11.8 Å². The lowest BCUT2D eigenvalue weighted by atomic mass is 9.91. The first-order valence-corrected chi connectivity index (χ1v) is 10.4. The summed E-state index contributed by atoms with van der Waals surface area (Å²) in [4.78, 5) is 12.0. The van der Waals surface area contributed by atoms with Gasteiger partial charge in [0, 0.05) is 30.5 Å². The van der Waals surface area contributed by atoms with Crippen LogP contribution in [0.5, 0.6) is 0 Å². The van der Waals surface area contributed by atoms with E-state index >= 15 is 0 Å². The topological polar surface area (TPSA) is 34.0 Å². The maximum Gasteiger partial charge on any atom is 0.150 e. The number of hydrogen-bond acceptors (Lipinski definition) is 3. The lowest BCUT2D eigenvalue weighted by Crippen LogP contribution is -2.39. The molecule has 4 nitrogen and oxygen atoms in total. The number of hydrogen-bond donors (Lipinski definition) is 0. The summed E-state index contributed by atoms with van der Waals surface area (Å²) in [5.41, 5.74) is 4.46. The average Bonchev–Trinajstić information content (AvgIpc) is 3.14. The van der Waals surface area contributed by atoms with E-state index in [4.69, 9.17) is 9.97 Å². The zero-order valence-electron chi connectivity index (χ0n) is 17.0. The molecular formula is C25H26N4. The van der Waals surface area contributed by atoms with Crippen LogP contribution in [0.25, 0.3) is 27.8 Å². The van der Waals surface area contributed by atoms with Crippen LogP contribution < -0.4 is 4.90 Å². The first kappa shape index (κ1) is 17.9. The van der Waals surface area contributed by atoms with Crippen LogP contribution in [-0.4, -0.2) is 27.6 Å². The molecule has 0 N–H and O–H groups in total. The van der Waals surface area contributed by atoms with Crippen LogP contribution in [-0.2, 0) is 0 Å². The Morgan fingerprint density at radius 2 is 1.48 bits per heavy atom. The molecule has 2 aromatic carbocycles. The number of rotatable bonds is 3. The van der Waals surface area contributed by atoms with Crippen molar-refractivity contribution >= 4 is 16.9 Å². The van der Waals surface area contributed by atoms with Gasteiger partial charge in [0.25, 0.3) is 0 Å². The third-order valence-corrected chi connectivity index (χ3v) is 5.85. The molecule has 2 aromatic heterocycles. The highest BCUT2D eigenvalue weighted by atomic mass is 15.2. The number of anilines is 1. The summed E-state index contributed by atoms with van der Waals surface area (Å²) < 4.78 is 2.19. The van der Waals surface area contributed by atoms with Gasteiger partial charge in [-0.05, 0) is 36.0 Å². The summed E-state index contributed by atoms with van der Waals surface area (Å²) >= 11 is 0. The minimum Gasteiger partial charge on any atom is -0.355 e. The summed E-state index contributed by atoms with van der Waals surface area (Å²) in [5, 5.41) is 1.14. The minimum absolute atomic E-state index is 0.667. The van der Waals surface area contributed by atoms with E-state index in [2.05, 4.69) is 84.1 Å². The third-order valence-electron chi connectivity index (χ3n) is 5.85. The molecule has 2 atom stereocenters. The van der Waals surface area contributed by atoms with Crippen molar-refractivity contribution in [3.63, 3.8) is 0 Å². The Morgan fingerprint density at radius 3 is 2.17 bits per heavy atom. The zero-order valence-corrected chi connectivity index (χ0v) is 17.0. The molecule has 0 bridgehead atoms. The van der Waals surface area contributed by atoms with Gasteiger partial charge in [0.05, 0.1) is 5.39 Å². The van der Waals surface area contributed by atoms with Crippen LogP contribution in [0.15, 0.2) is 73.2 Å². The Kier molecular flexibility index (Phi) is 4.55. The highest BCUT2D eigenvalue weighted by Gasteiger charge is 2.26. The number of para-hydroxylation sites is 1. The van der Waals surface area contributed by atoms with Crippen LogP contribution in [0.2, 0.25) is 0 Å². The van der Waals surface area contributed by atoms with Crippen molar-refractivity contribution in [2.45, 2.75) is 20.3 Å². The molecule has 146 valence electrons. The molecule has 29 heavy (non-hydrogen) atoms. The largest absolute Gasteiger partial charge is 0.355 e. The van der Waals surface area contributed by atoms with E-state index in [1.165, 1.54) is 17.5 Å². The van der Waals surface area contributed by atoms with Crippen molar-refractivity contribution in [1.82, 2.24) is 14.5 Å². The highest BCUT2D eigenvalue weighted by Crippen LogP contribution is 2.38. The van der Waals surface area contributed by atoms with Crippen LogP contribution >= 0.6 is 0 Å². The summed E-state index contributed by atoms with van der Waals surface area (Å²) in [5.74, 6) is 2.39. The van der Waals surface area contributed by atoms with Crippen molar-refractivity contribution < 1.29 is 0 Å². The molecule has 0 radical (unpaired) electrons. The number of nitrogens with zero attached hydrogens (tertiary/aromatic N) is 4. The van der Waals surface area contributed by atoms with Crippen LogP contribution in [0.4, 0.5) is 5.82 Å². The van der Waals surface area contributed by atoms with E-state index in [9.17, 15) is 0 Å². The van der Waals surface area contributed by atoms with E-state index in [-0.39, 0.29) is 0 Å². The second-order valence-corrected chi connectivity index (χ2v) is 8.36. The van der Waals surface area contributed by atoms with Gasteiger partial charge in [-0.1, -0.05) is 62.4 Å². The van der Waals surface area contributed by atoms with Gasteiger partial charge in [-0.2, -0.15) is 0 Å². The highest BCUT2D eigenvalue weighted by molar-refractivity contribution is 6.02. The number of fused-ring (bicyclic) bond motifs is 1. The quantitative estimate of drug-likeness (QED) is 0.464. The van der Waals surface area contributed by atoms with Gasteiger partial charge in [0.15, 0.2) is 5.65 Å². The van der Waals surface area contributed by atoms with Gasteiger partial charge < -0.3 is 9.47 Å². The fourth-order valence-electron chi connectivity index (χ4n) is 4.74. The van der Waals surface area contributed by atoms with Gasteiger partial charge in [0.1, 0.15) is 12.1 Å². The van der Waals surface area contributed by atoms with Crippen molar-refractivity contribution in [3.05, 3.63) is 73.2 Å². The third kappa shape index (κ3) is 3.29. The lowest BCUT2D eigenvalue weighted by molar-refractivity contribution is 0.356. The Hall–Kier alpha value is -3.14. The monoisotopic (exact) mass is 382 g/mol. The normalized spacial score (nSPS) is 19.6. The standard InChI is InChI=1S/C25H26N4/c1-18-13-19(2)15-28(14-18)24-23-22(20-9-5-3-6-10-20)16-29(25(23)27-17-26-24)21-11-7-4-8-12-21/h3-12,16-19H,13-15H2,1-2H3. The maximum atomic E-state index is 4.79. The molecule has 4 heteroatoms. The number of aromatic nitrogens is 3. The molecular weight excluding hydrogens is 356 g/mol. The Labute approximate surface area is 171 Å². The van der Waals surface area contributed by atoms with Gasteiger partial charge in [-0.25, -0.2) is 9.97 Å². The molecule has 1 aliphatic heterocycles. The molecule has 2 unspecified atom stereocenters. The maximum absolute atomic E-state index is 4.79. The fraction of sp³-hybridized carbons (Fsp3) is 0.280. The smallest absolute Gasteiger partial charge is 0.150 e. The molecule has 0 spiro atoms. The summed E-state index contributed by atoms with van der Waals surface area (Å²) in [6, 6.07) is 21.0. The molecule has 4 aromatic rings. The Morgan fingerprint density at radius 1 is 0.828 bits per heavy atom. The molecule has 1 saturated heterocycles. The predicted octanol–water partition coefficient (Wildman–Crippen LogP) is 5.57. The molecule has 1 aliphatic rings. The SMILES string of the molecule is CC1CC(C)CN(c2ncnc3c2c(-c2ccccc2)cn3-c2ccccc2)C1. The fourth-order valence-corrected chi connectivity index (χ4v) is 4.74. The summed E-state index contributed by atoms with van der Waals surface area (Å²) in [6.07, 6.45) is 5.21. The molecule has 5 rings (SSSR count). The number of benzene rings is 2. The van der Waals surface area contributed by atoms with Crippen molar-refractivity contribution in [1.29, 1.82) is 0 Å². The van der Waals surface area contributed by atoms with E-state index < -0.39 is 0 Å². The Bertz CT molecular complexity index is 1110. The molecule has 0 aliphatic carbocycles. The van der Waals surface area contributed by atoms with Gasteiger partial charge in [-0.3, -0.25) is 0 Å². The Balaban J connectivity index is 1.76. The molecule has 0 amide bonds. The second-order valence-electron chi connectivity index (χ2n) is 8.36. The first-order chi connectivity index (χ1) is 14.2. The second kappa shape index (κ2) is 7.36. The first-order valence-electron chi connectivity index (χ1n) is 10.4. The predicted molar refractivity (Wildman–Crippen MR) is 119 cm³/mol. The van der Waals surface area contributed by atoms with Gasteiger partial charge in [-0.15, -0.1) is 0 Å². The lowest BCUT2D eigenvalue weighted by Gasteiger charge is -2.36. The van der Waals surface area contributed by atoms with Crippen molar-refractivity contribution in [2.75, 3.05) is 18.0 Å². The van der Waals surface area contributed by atoms with Gasteiger partial charge >= 0.3 is 0 Å². The molecule has 0 saturated carbocycles. The molecule has 1 fully saturated rings. The van der Waals surface area contributed by atoms with Crippen LogP contribution in [0, 0.1) is 11.8 Å². The summed E-state index contributed by atoms with van der Waals surface area (Å²) in [7, 11) is 0. The minimum atomic E-state index is 0.667. The summed E-state index contributed by atoms with van der Waals surface area (Å²) in [6.45, 7) is 6.77. The zero-order chi connectivity index (χ0) is 19.8.